The van der Waals surface area contributed by atoms with Gasteiger partial charge in [0.15, 0.2) is 0 Å². The molecule has 1 aromatic carbocycles. The third kappa shape index (κ3) is 4.68. The standard InChI is InChI=1S/C12H17BrO3S/c1-8(7-17(14)15)6-16-11-4-9(2)12(13)10(3)5-11/h4-5,8,17H,6-7H2,1-3H3. The molecule has 0 aliphatic heterocycles. The highest BCUT2D eigenvalue weighted by molar-refractivity contribution is 9.10. The van der Waals surface area contributed by atoms with E-state index in [2.05, 4.69) is 15.9 Å². The van der Waals surface area contributed by atoms with Crippen LogP contribution >= 0.6 is 15.9 Å². The molecule has 0 saturated heterocycles. The summed E-state index contributed by atoms with van der Waals surface area (Å²) >= 11 is 3.49. The van der Waals surface area contributed by atoms with Gasteiger partial charge in [0.05, 0.1) is 12.4 Å². The van der Waals surface area contributed by atoms with Gasteiger partial charge in [-0.1, -0.05) is 22.9 Å². The molecule has 1 unspecified atom stereocenters. The highest BCUT2D eigenvalue weighted by Gasteiger charge is 2.07. The number of rotatable bonds is 5. The zero-order chi connectivity index (χ0) is 13.0. The van der Waals surface area contributed by atoms with E-state index in [1.54, 1.807) is 0 Å². The Bertz CT molecular complexity index is 438. The Hall–Kier alpha value is -0.550. The van der Waals surface area contributed by atoms with Gasteiger partial charge in [0.2, 0.25) is 0 Å². The fourth-order valence-electron chi connectivity index (χ4n) is 1.54. The lowest BCUT2D eigenvalue weighted by Gasteiger charge is -2.12. The monoisotopic (exact) mass is 320 g/mol. The minimum absolute atomic E-state index is 0.0142. The van der Waals surface area contributed by atoms with Crippen molar-refractivity contribution in [1.82, 2.24) is 0 Å². The van der Waals surface area contributed by atoms with Crippen LogP contribution < -0.4 is 4.74 Å². The summed E-state index contributed by atoms with van der Waals surface area (Å²) in [6, 6.07) is 3.89. The molecule has 1 rings (SSSR count). The van der Waals surface area contributed by atoms with E-state index in [1.807, 2.05) is 32.9 Å². The third-order valence-corrected chi connectivity index (χ3v) is 4.58. The fraction of sp³-hybridized carbons (Fsp3) is 0.500. The molecule has 0 saturated carbocycles. The summed E-state index contributed by atoms with van der Waals surface area (Å²) in [5.41, 5.74) is 2.23. The van der Waals surface area contributed by atoms with Crippen molar-refractivity contribution in [2.75, 3.05) is 12.4 Å². The maximum absolute atomic E-state index is 10.5. The van der Waals surface area contributed by atoms with E-state index in [0.717, 1.165) is 21.3 Å². The first-order chi connectivity index (χ1) is 7.90. The molecule has 0 fully saturated rings. The molecular formula is C12H17BrO3S. The predicted molar refractivity (Wildman–Crippen MR) is 73.5 cm³/mol. The van der Waals surface area contributed by atoms with Crippen LogP contribution in [0.2, 0.25) is 0 Å². The van der Waals surface area contributed by atoms with Crippen LogP contribution in [0.1, 0.15) is 18.1 Å². The fourth-order valence-corrected chi connectivity index (χ4v) is 2.38. The van der Waals surface area contributed by atoms with Crippen molar-refractivity contribution >= 4 is 26.6 Å². The van der Waals surface area contributed by atoms with Gasteiger partial charge in [0.1, 0.15) is 16.5 Å². The Morgan fingerprint density at radius 3 is 2.29 bits per heavy atom. The summed E-state index contributed by atoms with van der Waals surface area (Å²) in [7, 11) is -2.33. The third-order valence-electron chi connectivity index (χ3n) is 2.41. The second kappa shape index (κ2) is 6.40. The molecule has 17 heavy (non-hydrogen) atoms. The summed E-state index contributed by atoms with van der Waals surface area (Å²) in [5.74, 6) is 0.973. The molecule has 0 aromatic heterocycles. The van der Waals surface area contributed by atoms with Crippen molar-refractivity contribution in [1.29, 1.82) is 0 Å². The maximum Gasteiger partial charge on any atom is 0.140 e. The van der Waals surface area contributed by atoms with Crippen LogP contribution in [0.3, 0.4) is 0 Å². The van der Waals surface area contributed by atoms with Gasteiger partial charge in [-0.3, -0.25) is 0 Å². The second-order valence-electron chi connectivity index (χ2n) is 4.30. The summed E-state index contributed by atoms with van der Waals surface area (Å²) < 4.78 is 27.8. The molecule has 1 atom stereocenters. The van der Waals surface area contributed by atoms with Crippen LogP contribution in [0.25, 0.3) is 0 Å². The maximum atomic E-state index is 10.5. The molecule has 0 amide bonds. The zero-order valence-corrected chi connectivity index (χ0v) is 12.7. The van der Waals surface area contributed by atoms with E-state index < -0.39 is 10.7 Å². The number of hydrogen-bond acceptors (Lipinski definition) is 3. The van der Waals surface area contributed by atoms with Gasteiger partial charge in [-0.25, -0.2) is 8.42 Å². The Morgan fingerprint density at radius 1 is 1.29 bits per heavy atom. The zero-order valence-electron chi connectivity index (χ0n) is 10.2. The molecular weight excluding hydrogens is 304 g/mol. The SMILES string of the molecule is Cc1cc(OCC(C)C[SH](=O)=O)cc(C)c1Br. The molecule has 96 valence electrons. The molecule has 0 radical (unpaired) electrons. The highest BCUT2D eigenvalue weighted by atomic mass is 79.9. The summed E-state index contributed by atoms with van der Waals surface area (Å²) in [6.07, 6.45) is 0. The average Bonchev–Trinajstić information content (AvgIpc) is 2.22. The smallest absolute Gasteiger partial charge is 0.140 e. The first kappa shape index (κ1) is 14.5. The van der Waals surface area contributed by atoms with Crippen LogP contribution in [0.4, 0.5) is 0 Å². The van der Waals surface area contributed by atoms with Crippen LogP contribution in [-0.2, 0) is 10.7 Å². The summed E-state index contributed by atoms with van der Waals surface area (Å²) in [6.45, 7) is 6.29. The van der Waals surface area contributed by atoms with Crippen molar-refractivity contribution in [2.24, 2.45) is 5.92 Å². The number of benzene rings is 1. The van der Waals surface area contributed by atoms with Crippen molar-refractivity contribution in [3.05, 3.63) is 27.7 Å². The van der Waals surface area contributed by atoms with E-state index in [-0.39, 0.29) is 11.7 Å². The molecule has 0 spiro atoms. The van der Waals surface area contributed by atoms with E-state index >= 15 is 0 Å². The predicted octanol–water partition coefficient (Wildman–Crippen LogP) is 2.69. The lowest BCUT2D eigenvalue weighted by Crippen LogP contribution is -2.13. The molecule has 0 aliphatic rings. The van der Waals surface area contributed by atoms with E-state index in [0.29, 0.717) is 6.61 Å². The van der Waals surface area contributed by atoms with Gasteiger partial charge in [-0.2, -0.15) is 0 Å². The Balaban J connectivity index is 2.64. The molecule has 0 aliphatic carbocycles. The van der Waals surface area contributed by atoms with Crippen molar-refractivity contribution in [3.8, 4) is 5.75 Å². The topological polar surface area (TPSA) is 43.4 Å². The Kier molecular flexibility index (Phi) is 5.46. The van der Waals surface area contributed by atoms with E-state index in [4.69, 9.17) is 4.74 Å². The highest BCUT2D eigenvalue weighted by Crippen LogP contribution is 2.26. The van der Waals surface area contributed by atoms with E-state index in [9.17, 15) is 8.42 Å². The van der Waals surface area contributed by atoms with Crippen molar-refractivity contribution in [3.63, 3.8) is 0 Å². The largest absolute Gasteiger partial charge is 0.493 e. The molecule has 0 N–H and O–H groups in total. The van der Waals surface area contributed by atoms with Crippen molar-refractivity contribution < 1.29 is 13.2 Å². The minimum atomic E-state index is -2.33. The Labute approximate surface area is 112 Å². The molecule has 1 aromatic rings. The van der Waals surface area contributed by atoms with Gasteiger partial charge in [0, 0.05) is 10.4 Å². The molecule has 0 heterocycles. The molecule has 3 nitrogen and oxygen atoms in total. The number of halogens is 1. The second-order valence-corrected chi connectivity index (χ2v) is 6.13. The summed E-state index contributed by atoms with van der Waals surface area (Å²) in [4.78, 5) is 0. The first-order valence-corrected chi connectivity index (χ1v) is 7.57. The number of ether oxygens (including phenoxy) is 1. The number of hydrogen-bond donors (Lipinski definition) is 1. The number of thiol groups is 1. The van der Waals surface area contributed by atoms with E-state index in [1.165, 1.54) is 0 Å². The first-order valence-electron chi connectivity index (χ1n) is 5.41. The van der Waals surface area contributed by atoms with Gasteiger partial charge >= 0.3 is 0 Å². The van der Waals surface area contributed by atoms with Crippen LogP contribution in [0.5, 0.6) is 5.75 Å². The van der Waals surface area contributed by atoms with Crippen LogP contribution in [-0.4, -0.2) is 20.8 Å². The van der Waals surface area contributed by atoms with Gasteiger partial charge in [0.25, 0.3) is 0 Å². The van der Waals surface area contributed by atoms with Crippen molar-refractivity contribution in [2.45, 2.75) is 20.8 Å². The quantitative estimate of drug-likeness (QED) is 0.848. The summed E-state index contributed by atoms with van der Waals surface area (Å²) in [5, 5.41) is 0. The van der Waals surface area contributed by atoms with Crippen LogP contribution in [0, 0.1) is 19.8 Å². The Morgan fingerprint density at radius 2 is 1.82 bits per heavy atom. The van der Waals surface area contributed by atoms with Gasteiger partial charge in [-0.15, -0.1) is 0 Å². The lowest BCUT2D eigenvalue weighted by atomic mass is 10.1. The minimum Gasteiger partial charge on any atom is -0.493 e. The van der Waals surface area contributed by atoms with Crippen LogP contribution in [0.15, 0.2) is 16.6 Å². The normalized spacial score (nSPS) is 12.8. The molecule has 5 heteroatoms. The number of aryl methyl sites for hydroxylation is 2. The van der Waals surface area contributed by atoms with Gasteiger partial charge < -0.3 is 4.74 Å². The lowest BCUT2D eigenvalue weighted by molar-refractivity contribution is 0.272. The van der Waals surface area contributed by atoms with Gasteiger partial charge in [-0.05, 0) is 37.1 Å². The molecule has 0 bridgehead atoms. The average molecular weight is 321 g/mol.